The molecule has 1 fully saturated rings. The lowest BCUT2D eigenvalue weighted by Crippen LogP contribution is -2.27. The average Bonchev–Trinajstić information content (AvgIpc) is 3.24. The Morgan fingerprint density at radius 3 is 2.64 bits per heavy atom. The fourth-order valence-corrected chi connectivity index (χ4v) is 5.92. The van der Waals surface area contributed by atoms with Crippen molar-refractivity contribution in [1.82, 2.24) is 14.5 Å². The van der Waals surface area contributed by atoms with Crippen LogP contribution >= 0.6 is 39.9 Å². The summed E-state index contributed by atoms with van der Waals surface area (Å²) in [5, 5.41) is 2.34. The number of benzene rings is 2. The van der Waals surface area contributed by atoms with Crippen LogP contribution in [0.15, 0.2) is 76.4 Å². The summed E-state index contributed by atoms with van der Waals surface area (Å²) in [5.41, 5.74) is 5.28. The summed E-state index contributed by atoms with van der Waals surface area (Å²) < 4.78 is 3.89. The van der Waals surface area contributed by atoms with Gasteiger partial charge in [-0.1, -0.05) is 70.2 Å². The van der Waals surface area contributed by atoms with Crippen LogP contribution in [0.3, 0.4) is 0 Å². The van der Waals surface area contributed by atoms with E-state index in [0.29, 0.717) is 15.8 Å². The van der Waals surface area contributed by atoms with Gasteiger partial charge in [0.1, 0.15) is 4.32 Å². The van der Waals surface area contributed by atoms with Gasteiger partial charge in [-0.3, -0.25) is 14.7 Å². The zero-order valence-corrected chi connectivity index (χ0v) is 21.3. The maximum Gasteiger partial charge on any atom is 0.266 e. The first kappa shape index (κ1) is 22.1. The number of nitrogens with zero attached hydrogens (tertiary/aromatic N) is 3. The second kappa shape index (κ2) is 8.89. The van der Waals surface area contributed by atoms with Crippen molar-refractivity contribution in [1.29, 1.82) is 0 Å². The Labute approximate surface area is 210 Å². The van der Waals surface area contributed by atoms with E-state index in [1.165, 1.54) is 22.5 Å². The number of aromatic nitrogens is 2. The van der Waals surface area contributed by atoms with Gasteiger partial charge in [0.15, 0.2) is 0 Å². The number of hydrogen-bond donors (Lipinski definition) is 0. The number of hydrogen-bond acceptors (Lipinski definition) is 4. The highest BCUT2D eigenvalue weighted by Crippen LogP contribution is 2.36. The van der Waals surface area contributed by atoms with Crippen LogP contribution in [0.2, 0.25) is 0 Å². The average molecular weight is 535 g/mol. The van der Waals surface area contributed by atoms with Crippen LogP contribution in [-0.2, 0) is 11.3 Å². The predicted octanol–water partition coefficient (Wildman–Crippen LogP) is 6.81. The largest absolute Gasteiger partial charge is 0.317 e. The number of thioether (sulfide) groups is 1. The van der Waals surface area contributed by atoms with Gasteiger partial charge in [-0.15, -0.1) is 0 Å². The Hall–Kier alpha value is -2.74. The number of halogens is 1. The van der Waals surface area contributed by atoms with Crippen molar-refractivity contribution in [3.8, 4) is 5.69 Å². The molecule has 1 saturated heterocycles. The van der Waals surface area contributed by atoms with Gasteiger partial charge in [0, 0.05) is 33.6 Å². The molecule has 7 heteroatoms. The zero-order chi connectivity index (χ0) is 23.1. The van der Waals surface area contributed by atoms with Gasteiger partial charge in [0.25, 0.3) is 5.91 Å². The highest BCUT2D eigenvalue weighted by molar-refractivity contribution is 9.10. The molecule has 4 aromatic rings. The van der Waals surface area contributed by atoms with Gasteiger partial charge in [0.05, 0.1) is 17.1 Å². The van der Waals surface area contributed by atoms with E-state index in [0.717, 1.165) is 32.7 Å². The molecule has 1 aliphatic rings. The van der Waals surface area contributed by atoms with Crippen molar-refractivity contribution >= 4 is 67.0 Å². The topological polar surface area (TPSA) is 38.1 Å². The van der Waals surface area contributed by atoms with Crippen molar-refractivity contribution in [2.24, 2.45) is 0 Å². The van der Waals surface area contributed by atoms with E-state index in [-0.39, 0.29) is 5.91 Å². The molecule has 0 radical (unpaired) electrons. The van der Waals surface area contributed by atoms with Crippen LogP contribution in [0.25, 0.3) is 22.5 Å². The van der Waals surface area contributed by atoms with Crippen molar-refractivity contribution in [3.63, 3.8) is 0 Å². The number of carbonyl (C=O) groups is 1. The molecule has 0 spiro atoms. The summed E-state index contributed by atoms with van der Waals surface area (Å²) in [7, 11) is 0. The molecule has 0 saturated carbocycles. The molecule has 0 N–H and O–H groups in total. The van der Waals surface area contributed by atoms with Gasteiger partial charge in [-0.25, -0.2) is 0 Å². The number of carbonyl (C=O) groups excluding carboxylic acids is 1. The van der Waals surface area contributed by atoms with Gasteiger partial charge in [-0.2, -0.15) is 0 Å². The second-order valence-electron chi connectivity index (χ2n) is 7.90. The van der Waals surface area contributed by atoms with Crippen molar-refractivity contribution in [2.75, 3.05) is 0 Å². The molecular weight excluding hydrogens is 514 g/mol. The molecule has 2 aromatic heterocycles. The summed E-state index contributed by atoms with van der Waals surface area (Å²) in [6.07, 6.45) is 5.44. The number of rotatable bonds is 4. The fourth-order valence-electron chi connectivity index (χ4n) is 4.20. The number of amides is 1. The smallest absolute Gasteiger partial charge is 0.266 e. The Kier molecular flexibility index (Phi) is 5.95. The number of fused-ring (bicyclic) bond motifs is 1. The van der Waals surface area contributed by atoms with E-state index in [1.54, 1.807) is 17.3 Å². The van der Waals surface area contributed by atoms with Crippen LogP contribution in [0.5, 0.6) is 0 Å². The summed E-state index contributed by atoms with van der Waals surface area (Å²) in [5.74, 6) is -0.0623. The van der Waals surface area contributed by atoms with Gasteiger partial charge in [-0.05, 0) is 60.7 Å². The normalized spacial score (nSPS) is 15.2. The first-order valence-corrected chi connectivity index (χ1v) is 12.5. The highest BCUT2D eigenvalue weighted by Gasteiger charge is 2.32. The maximum atomic E-state index is 13.1. The molecule has 0 bridgehead atoms. The van der Waals surface area contributed by atoms with Crippen LogP contribution in [-0.4, -0.2) is 24.7 Å². The molecular formula is C26H20BrN3OS2. The standard InChI is InChI=1S/C26H20BrN3OS2/c1-16-12-19(13-24-25(31)29(26(32)33-24)15-18-6-5-11-28-14-18)17(2)30(16)23-10-9-22(27)20-7-3-4-8-21(20)23/h3-14H,15H2,1-2H3/b24-13-. The molecule has 164 valence electrons. The first-order valence-electron chi connectivity index (χ1n) is 10.4. The van der Waals surface area contributed by atoms with Crippen molar-refractivity contribution < 1.29 is 4.79 Å². The van der Waals surface area contributed by atoms with E-state index in [1.807, 2.05) is 24.3 Å². The minimum absolute atomic E-state index is 0.0623. The van der Waals surface area contributed by atoms with Crippen LogP contribution in [0.1, 0.15) is 22.5 Å². The summed E-state index contributed by atoms with van der Waals surface area (Å²) in [4.78, 5) is 19.5. The minimum Gasteiger partial charge on any atom is -0.317 e. The third kappa shape index (κ3) is 4.05. The fraction of sp³-hybridized carbons (Fsp3) is 0.115. The molecule has 5 rings (SSSR count). The molecule has 1 aliphatic heterocycles. The monoisotopic (exact) mass is 533 g/mol. The second-order valence-corrected chi connectivity index (χ2v) is 10.4. The van der Waals surface area contributed by atoms with Crippen LogP contribution in [0, 0.1) is 13.8 Å². The van der Waals surface area contributed by atoms with Crippen molar-refractivity contribution in [2.45, 2.75) is 20.4 Å². The molecule has 0 unspecified atom stereocenters. The molecule has 4 nitrogen and oxygen atoms in total. The number of thiocarbonyl (C=S) groups is 1. The minimum atomic E-state index is -0.0623. The molecule has 1 amide bonds. The molecule has 0 aliphatic carbocycles. The lowest BCUT2D eigenvalue weighted by Gasteiger charge is -2.14. The van der Waals surface area contributed by atoms with Crippen LogP contribution < -0.4 is 0 Å². The Morgan fingerprint density at radius 2 is 1.88 bits per heavy atom. The number of pyridine rings is 1. The number of aryl methyl sites for hydroxylation is 1. The third-order valence-electron chi connectivity index (χ3n) is 5.78. The molecule has 2 aromatic carbocycles. The summed E-state index contributed by atoms with van der Waals surface area (Å²) >= 11 is 10.5. The van der Waals surface area contributed by atoms with Gasteiger partial charge < -0.3 is 4.57 Å². The predicted molar refractivity (Wildman–Crippen MR) is 143 cm³/mol. The van der Waals surface area contributed by atoms with E-state index in [4.69, 9.17) is 12.2 Å². The van der Waals surface area contributed by atoms with E-state index >= 15 is 0 Å². The first-order chi connectivity index (χ1) is 15.9. The Morgan fingerprint density at radius 1 is 1.09 bits per heavy atom. The van der Waals surface area contributed by atoms with Crippen molar-refractivity contribution in [3.05, 3.63) is 98.9 Å². The Bertz CT molecular complexity index is 1440. The molecule has 0 atom stereocenters. The van der Waals surface area contributed by atoms with Gasteiger partial charge >= 0.3 is 0 Å². The Balaban J connectivity index is 1.52. The van der Waals surface area contributed by atoms with E-state index < -0.39 is 0 Å². The zero-order valence-electron chi connectivity index (χ0n) is 18.1. The quantitative estimate of drug-likeness (QED) is 0.213. The maximum absolute atomic E-state index is 13.1. The lowest BCUT2D eigenvalue weighted by atomic mass is 10.1. The summed E-state index contributed by atoms with van der Waals surface area (Å²) in [6.45, 7) is 4.61. The van der Waals surface area contributed by atoms with Gasteiger partial charge in [0.2, 0.25) is 0 Å². The van der Waals surface area contributed by atoms with E-state index in [2.05, 4.69) is 75.7 Å². The molecule has 3 heterocycles. The highest BCUT2D eigenvalue weighted by atomic mass is 79.9. The SMILES string of the molecule is Cc1cc(/C=C2\SC(=S)N(Cc3cccnc3)C2=O)c(C)n1-c1ccc(Br)c2ccccc12. The molecule has 33 heavy (non-hydrogen) atoms. The lowest BCUT2D eigenvalue weighted by molar-refractivity contribution is -0.122. The van der Waals surface area contributed by atoms with E-state index in [9.17, 15) is 4.79 Å². The third-order valence-corrected chi connectivity index (χ3v) is 7.85. The summed E-state index contributed by atoms with van der Waals surface area (Å²) in [6, 6.07) is 18.5. The van der Waals surface area contributed by atoms with Crippen LogP contribution in [0.4, 0.5) is 0 Å².